The van der Waals surface area contributed by atoms with Crippen LogP contribution in [0.4, 0.5) is 4.39 Å². The Kier molecular flexibility index (Phi) is 4.84. The van der Waals surface area contributed by atoms with Crippen LogP contribution in [0.5, 0.6) is 0 Å². The van der Waals surface area contributed by atoms with Crippen molar-refractivity contribution in [2.24, 2.45) is 0 Å². The average Bonchev–Trinajstić information content (AvgIpc) is 2.15. The van der Waals surface area contributed by atoms with Crippen molar-refractivity contribution in [3.8, 4) is 0 Å². The highest BCUT2D eigenvalue weighted by molar-refractivity contribution is 7.90. The van der Waals surface area contributed by atoms with Gasteiger partial charge in [-0.1, -0.05) is 17.7 Å². The van der Waals surface area contributed by atoms with E-state index in [1.807, 2.05) is 20.8 Å². The second kappa shape index (κ2) is 5.57. The van der Waals surface area contributed by atoms with Crippen LogP contribution in [-0.4, -0.2) is 9.30 Å². The zero-order valence-electron chi connectivity index (χ0n) is 10.4. The van der Waals surface area contributed by atoms with Crippen LogP contribution in [0, 0.1) is 5.82 Å². The molecule has 0 amide bonds. The van der Waals surface area contributed by atoms with Crippen molar-refractivity contribution < 1.29 is 8.94 Å². The second-order valence-corrected chi connectivity index (χ2v) is 7.26. The Hall–Kier alpha value is -0.290. The zero-order valence-corrected chi connectivity index (χ0v) is 12.0. The number of hydrogen-bond donors (Lipinski definition) is 1. The van der Waals surface area contributed by atoms with Crippen LogP contribution in [0.3, 0.4) is 0 Å². The van der Waals surface area contributed by atoms with E-state index in [0.717, 1.165) is 0 Å². The Morgan fingerprint density at radius 1 is 1.41 bits per heavy atom. The Labute approximate surface area is 110 Å². The molecule has 17 heavy (non-hydrogen) atoms. The molecule has 5 heteroatoms. The second-order valence-electron chi connectivity index (χ2n) is 4.86. The molecule has 0 aromatic heterocycles. The molecule has 1 unspecified atom stereocenters. The lowest BCUT2D eigenvalue weighted by atomic mass is 10.1. The van der Waals surface area contributed by atoms with Crippen LogP contribution < -0.4 is 4.72 Å². The maximum absolute atomic E-state index is 13.6. The first kappa shape index (κ1) is 14.8. The molecule has 0 fully saturated rings. The molecule has 1 aromatic rings. The van der Waals surface area contributed by atoms with E-state index in [1.54, 1.807) is 19.1 Å². The number of benzene rings is 1. The molecule has 0 aliphatic carbocycles. The van der Waals surface area contributed by atoms with E-state index < -0.39 is 22.2 Å². The third-order valence-corrected chi connectivity index (χ3v) is 4.28. The number of rotatable bonds is 3. The van der Waals surface area contributed by atoms with Crippen LogP contribution in [0.1, 0.15) is 39.3 Å². The molecule has 1 aromatic carbocycles. The number of hydrogen-bond acceptors (Lipinski definition) is 2. The molecule has 0 radical (unpaired) electrons. The van der Waals surface area contributed by atoms with E-state index in [0.29, 0.717) is 10.6 Å². The molecule has 2 atom stereocenters. The molecular formula is C12H17ClFNOS. The fourth-order valence-electron chi connectivity index (χ4n) is 1.32. The van der Waals surface area contributed by atoms with Crippen LogP contribution in [0.15, 0.2) is 18.2 Å². The van der Waals surface area contributed by atoms with Crippen LogP contribution in [-0.2, 0) is 11.4 Å². The first-order chi connectivity index (χ1) is 7.73. The van der Waals surface area contributed by atoms with E-state index in [-0.39, 0.29) is 5.82 Å². The predicted molar refractivity (Wildman–Crippen MR) is 70.9 cm³/mol. The largest absolute Gasteiger partial charge is 0.598 e. The van der Waals surface area contributed by atoms with Gasteiger partial charge >= 0.3 is 0 Å². The van der Waals surface area contributed by atoms with Crippen LogP contribution in [0.25, 0.3) is 0 Å². The topological polar surface area (TPSA) is 35.1 Å². The Morgan fingerprint density at radius 3 is 2.47 bits per heavy atom. The van der Waals surface area contributed by atoms with Crippen molar-refractivity contribution in [1.82, 2.24) is 4.72 Å². The number of halogens is 2. The summed E-state index contributed by atoms with van der Waals surface area (Å²) in [5.41, 5.74) is 0.353. The molecule has 0 spiro atoms. The van der Waals surface area contributed by atoms with E-state index in [9.17, 15) is 8.94 Å². The molecule has 0 aliphatic rings. The maximum atomic E-state index is 13.6. The SMILES string of the molecule is C[C@H](N[S+]([O-])C(C)(C)C)c1c(F)cccc1Cl. The molecule has 0 heterocycles. The van der Waals surface area contributed by atoms with E-state index in [2.05, 4.69) is 4.72 Å². The van der Waals surface area contributed by atoms with Gasteiger partial charge in [0.1, 0.15) is 10.6 Å². The van der Waals surface area contributed by atoms with E-state index >= 15 is 0 Å². The standard InChI is InChI=1S/C12H17ClFNOS/c1-8(15-17(16)12(2,3)4)11-9(13)6-5-7-10(11)14/h5-8,15H,1-4H3/t8-,17?/m0/s1. The summed E-state index contributed by atoms with van der Waals surface area (Å²) in [7, 11) is 0. The highest BCUT2D eigenvalue weighted by Gasteiger charge is 2.29. The monoisotopic (exact) mass is 277 g/mol. The molecule has 0 saturated carbocycles. The van der Waals surface area contributed by atoms with Crippen LogP contribution >= 0.6 is 11.6 Å². The van der Waals surface area contributed by atoms with Crippen molar-refractivity contribution >= 4 is 23.0 Å². The first-order valence-corrected chi connectivity index (χ1v) is 6.88. The lowest BCUT2D eigenvalue weighted by molar-refractivity contribution is 0.522. The van der Waals surface area contributed by atoms with Crippen molar-refractivity contribution in [2.45, 2.75) is 38.5 Å². The lowest BCUT2D eigenvalue weighted by Crippen LogP contribution is -2.40. The Morgan fingerprint density at radius 2 is 2.00 bits per heavy atom. The van der Waals surface area contributed by atoms with Gasteiger partial charge in [-0.05, 0) is 39.8 Å². The molecular weight excluding hydrogens is 261 g/mol. The van der Waals surface area contributed by atoms with Gasteiger partial charge in [-0.15, -0.1) is 4.72 Å². The third-order valence-electron chi connectivity index (χ3n) is 2.27. The molecule has 0 bridgehead atoms. The summed E-state index contributed by atoms with van der Waals surface area (Å²) < 4.78 is 28.0. The van der Waals surface area contributed by atoms with Crippen LogP contribution in [0.2, 0.25) is 5.02 Å². The Balaban J connectivity index is 2.87. The van der Waals surface area contributed by atoms with Gasteiger partial charge in [0.25, 0.3) is 0 Å². The van der Waals surface area contributed by atoms with Gasteiger partial charge < -0.3 is 4.55 Å². The van der Waals surface area contributed by atoms with Gasteiger partial charge in [-0.25, -0.2) is 4.39 Å². The fourth-order valence-corrected chi connectivity index (χ4v) is 2.44. The lowest BCUT2D eigenvalue weighted by Gasteiger charge is -2.27. The zero-order chi connectivity index (χ0) is 13.2. The predicted octanol–water partition coefficient (Wildman–Crippen LogP) is 3.59. The summed E-state index contributed by atoms with van der Waals surface area (Å²) in [6.07, 6.45) is 0. The van der Waals surface area contributed by atoms with Gasteiger partial charge in [-0.2, -0.15) is 0 Å². The summed E-state index contributed by atoms with van der Waals surface area (Å²) in [6, 6.07) is 4.12. The highest BCUT2D eigenvalue weighted by Crippen LogP contribution is 2.27. The fraction of sp³-hybridized carbons (Fsp3) is 0.500. The minimum atomic E-state index is -1.26. The molecule has 1 N–H and O–H groups in total. The van der Waals surface area contributed by atoms with Gasteiger partial charge in [0.15, 0.2) is 0 Å². The minimum absolute atomic E-state index is 0.343. The average molecular weight is 278 g/mol. The minimum Gasteiger partial charge on any atom is -0.598 e. The highest BCUT2D eigenvalue weighted by atomic mass is 35.5. The first-order valence-electron chi connectivity index (χ1n) is 5.35. The summed E-state index contributed by atoms with van der Waals surface area (Å²) in [6.45, 7) is 7.30. The Bertz CT molecular complexity index is 374. The summed E-state index contributed by atoms with van der Waals surface area (Å²) in [5.74, 6) is -0.386. The quantitative estimate of drug-likeness (QED) is 0.857. The molecule has 2 nitrogen and oxygen atoms in total. The van der Waals surface area contributed by atoms with Crippen molar-refractivity contribution in [2.75, 3.05) is 0 Å². The smallest absolute Gasteiger partial charge is 0.136 e. The summed E-state index contributed by atoms with van der Waals surface area (Å²) in [4.78, 5) is 0. The number of nitrogens with one attached hydrogen (secondary N) is 1. The van der Waals surface area contributed by atoms with Crippen molar-refractivity contribution in [3.05, 3.63) is 34.6 Å². The van der Waals surface area contributed by atoms with Gasteiger partial charge in [-0.3, -0.25) is 0 Å². The summed E-state index contributed by atoms with van der Waals surface area (Å²) >= 11 is 4.68. The molecule has 96 valence electrons. The van der Waals surface area contributed by atoms with Gasteiger partial charge in [0.2, 0.25) is 0 Å². The van der Waals surface area contributed by atoms with Crippen molar-refractivity contribution in [1.29, 1.82) is 0 Å². The molecule has 0 aliphatic heterocycles. The molecule has 1 rings (SSSR count). The van der Waals surface area contributed by atoms with Gasteiger partial charge in [0, 0.05) is 21.9 Å². The van der Waals surface area contributed by atoms with Crippen molar-refractivity contribution in [3.63, 3.8) is 0 Å². The normalized spacial score (nSPS) is 15.7. The van der Waals surface area contributed by atoms with E-state index in [1.165, 1.54) is 6.07 Å². The van der Waals surface area contributed by atoms with Gasteiger partial charge in [0.05, 0.1) is 6.04 Å². The van der Waals surface area contributed by atoms with E-state index in [4.69, 9.17) is 11.6 Å². The molecule has 0 saturated heterocycles. The third kappa shape index (κ3) is 3.85. The maximum Gasteiger partial charge on any atom is 0.136 e. The summed E-state index contributed by atoms with van der Waals surface area (Å²) in [5, 5.41) is 0.343.